The van der Waals surface area contributed by atoms with Crippen LogP contribution in [0.5, 0.6) is 5.75 Å². The average Bonchev–Trinajstić information content (AvgIpc) is 3.11. The first-order chi connectivity index (χ1) is 9.85. The molecule has 3 rings (SSSR count). The van der Waals surface area contributed by atoms with Gasteiger partial charge in [0.15, 0.2) is 0 Å². The van der Waals surface area contributed by atoms with Gasteiger partial charge in [-0.2, -0.15) is 0 Å². The van der Waals surface area contributed by atoms with Gasteiger partial charge >= 0.3 is 0 Å². The number of thiazole rings is 1. The molecule has 0 N–H and O–H groups in total. The Hall–Kier alpha value is -1.06. The number of halogens is 1. The number of rotatable bonds is 6. The molecule has 1 aliphatic rings. The molecular weight excluding hydrogens is 290 g/mol. The van der Waals surface area contributed by atoms with Gasteiger partial charge in [0.25, 0.3) is 0 Å². The van der Waals surface area contributed by atoms with Crippen LogP contribution in [0.25, 0.3) is 0 Å². The molecule has 0 saturated heterocycles. The molecule has 1 aromatic heterocycles. The third-order valence-electron chi connectivity index (χ3n) is 3.61. The number of fused-ring (bicyclic) bond motifs is 1. The van der Waals surface area contributed by atoms with Crippen LogP contribution in [0, 0.1) is 0 Å². The summed E-state index contributed by atoms with van der Waals surface area (Å²) in [5, 5.41) is 3.18. The Bertz CT molecular complexity index is 582. The average molecular weight is 308 g/mol. The summed E-state index contributed by atoms with van der Waals surface area (Å²) in [6, 6.07) is 6.52. The molecule has 1 aliphatic carbocycles. The van der Waals surface area contributed by atoms with Crippen molar-refractivity contribution in [1.29, 1.82) is 0 Å². The molecule has 0 atom stereocenters. The quantitative estimate of drug-likeness (QED) is 0.583. The highest BCUT2D eigenvalue weighted by molar-refractivity contribution is 7.09. The van der Waals surface area contributed by atoms with Crippen LogP contribution in [0.1, 0.15) is 34.7 Å². The molecule has 20 heavy (non-hydrogen) atoms. The zero-order valence-corrected chi connectivity index (χ0v) is 13.0. The van der Waals surface area contributed by atoms with Gasteiger partial charge in [0.2, 0.25) is 0 Å². The number of hydrogen-bond acceptors (Lipinski definition) is 3. The van der Waals surface area contributed by atoms with Gasteiger partial charge in [-0.3, -0.25) is 0 Å². The van der Waals surface area contributed by atoms with Gasteiger partial charge in [-0.1, -0.05) is 6.07 Å². The second-order valence-electron chi connectivity index (χ2n) is 5.10. The fourth-order valence-electron chi connectivity index (χ4n) is 2.58. The highest BCUT2D eigenvalue weighted by Crippen LogP contribution is 2.26. The molecule has 1 aromatic carbocycles. The first-order valence-corrected chi connectivity index (χ1v) is 8.50. The van der Waals surface area contributed by atoms with E-state index in [4.69, 9.17) is 16.3 Å². The third kappa shape index (κ3) is 3.33. The minimum atomic E-state index is 0.502. The third-order valence-corrected chi connectivity index (χ3v) is 4.84. The molecule has 0 aliphatic heterocycles. The summed E-state index contributed by atoms with van der Waals surface area (Å²) < 4.78 is 5.84. The Labute approximate surface area is 128 Å². The van der Waals surface area contributed by atoms with Crippen LogP contribution < -0.4 is 4.74 Å². The number of nitrogens with zero attached hydrogens (tertiary/aromatic N) is 1. The molecule has 0 radical (unpaired) electrons. The van der Waals surface area contributed by atoms with E-state index in [0.29, 0.717) is 5.88 Å². The molecule has 0 saturated carbocycles. The lowest BCUT2D eigenvalue weighted by Gasteiger charge is -2.07. The highest BCUT2D eigenvalue weighted by Gasteiger charge is 2.11. The summed E-state index contributed by atoms with van der Waals surface area (Å²) in [5.41, 5.74) is 3.94. The van der Waals surface area contributed by atoms with E-state index in [1.807, 2.05) is 5.38 Å². The van der Waals surface area contributed by atoms with Gasteiger partial charge in [0, 0.05) is 11.8 Å². The Morgan fingerprint density at radius 3 is 3.00 bits per heavy atom. The maximum absolute atomic E-state index is 5.84. The maximum atomic E-state index is 5.84. The summed E-state index contributed by atoms with van der Waals surface area (Å²) in [5.74, 6) is 1.51. The zero-order valence-electron chi connectivity index (χ0n) is 11.4. The Kier molecular flexibility index (Phi) is 4.58. The number of aromatic nitrogens is 1. The number of alkyl halides is 1. The van der Waals surface area contributed by atoms with Crippen molar-refractivity contribution in [2.24, 2.45) is 0 Å². The van der Waals surface area contributed by atoms with E-state index in [9.17, 15) is 0 Å². The molecular formula is C16H18ClNOS. The van der Waals surface area contributed by atoms with Crippen molar-refractivity contribution < 1.29 is 4.74 Å². The van der Waals surface area contributed by atoms with Gasteiger partial charge in [0.1, 0.15) is 5.75 Å². The van der Waals surface area contributed by atoms with Crippen LogP contribution in [-0.4, -0.2) is 11.6 Å². The fourth-order valence-corrected chi connectivity index (χ4v) is 3.65. The van der Waals surface area contributed by atoms with Crippen molar-refractivity contribution in [2.75, 3.05) is 6.61 Å². The zero-order chi connectivity index (χ0) is 13.8. The molecule has 2 aromatic rings. The predicted molar refractivity (Wildman–Crippen MR) is 84.0 cm³/mol. The largest absolute Gasteiger partial charge is 0.494 e. The van der Waals surface area contributed by atoms with E-state index < -0.39 is 0 Å². The van der Waals surface area contributed by atoms with Crippen molar-refractivity contribution >= 4 is 22.9 Å². The topological polar surface area (TPSA) is 22.1 Å². The molecule has 0 amide bonds. The lowest BCUT2D eigenvalue weighted by molar-refractivity contribution is 0.310. The summed E-state index contributed by atoms with van der Waals surface area (Å²) in [6.07, 6.45) is 5.67. The second kappa shape index (κ2) is 6.59. The van der Waals surface area contributed by atoms with Gasteiger partial charge in [-0.15, -0.1) is 22.9 Å². The summed E-state index contributed by atoms with van der Waals surface area (Å²) in [6.45, 7) is 0.745. The van der Waals surface area contributed by atoms with Crippen LogP contribution in [0.3, 0.4) is 0 Å². The van der Waals surface area contributed by atoms with E-state index in [-0.39, 0.29) is 0 Å². The lowest BCUT2D eigenvalue weighted by atomic mass is 10.1. The van der Waals surface area contributed by atoms with Crippen LogP contribution in [0.15, 0.2) is 23.6 Å². The van der Waals surface area contributed by atoms with Crippen molar-refractivity contribution in [2.45, 2.75) is 38.0 Å². The summed E-state index contributed by atoms with van der Waals surface area (Å²) in [7, 11) is 0. The Morgan fingerprint density at radius 1 is 1.25 bits per heavy atom. The van der Waals surface area contributed by atoms with Gasteiger partial charge in [0.05, 0.1) is 23.2 Å². The fraction of sp³-hybridized carbons (Fsp3) is 0.438. The van der Waals surface area contributed by atoms with Crippen molar-refractivity contribution in [3.05, 3.63) is 45.4 Å². The number of benzene rings is 1. The van der Waals surface area contributed by atoms with Gasteiger partial charge in [-0.25, -0.2) is 4.98 Å². The van der Waals surface area contributed by atoms with Crippen LogP contribution >= 0.6 is 22.9 Å². The standard InChI is InChI=1S/C16H18ClNOS/c17-10-14-11-20-16(18-14)5-2-8-19-15-7-6-12-3-1-4-13(12)9-15/h6-7,9,11H,1-5,8,10H2. The Morgan fingerprint density at radius 2 is 2.15 bits per heavy atom. The monoisotopic (exact) mass is 307 g/mol. The maximum Gasteiger partial charge on any atom is 0.119 e. The first kappa shape index (κ1) is 13.9. The van der Waals surface area contributed by atoms with Gasteiger partial charge in [-0.05, 0) is 48.9 Å². The molecule has 0 bridgehead atoms. The van der Waals surface area contributed by atoms with E-state index in [0.717, 1.165) is 35.9 Å². The minimum absolute atomic E-state index is 0.502. The molecule has 2 nitrogen and oxygen atoms in total. The molecule has 106 valence electrons. The van der Waals surface area contributed by atoms with E-state index >= 15 is 0 Å². The van der Waals surface area contributed by atoms with Crippen molar-refractivity contribution in [1.82, 2.24) is 4.98 Å². The number of aryl methyl sites for hydroxylation is 3. The molecule has 0 spiro atoms. The van der Waals surface area contributed by atoms with E-state index in [1.54, 1.807) is 11.3 Å². The molecule has 0 unspecified atom stereocenters. The highest BCUT2D eigenvalue weighted by atomic mass is 35.5. The summed E-state index contributed by atoms with van der Waals surface area (Å²) >= 11 is 7.43. The van der Waals surface area contributed by atoms with Crippen LogP contribution in [-0.2, 0) is 25.1 Å². The van der Waals surface area contributed by atoms with Crippen LogP contribution in [0.2, 0.25) is 0 Å². The predicted octanol–water partition coefficient (Wildman–Crippen LogP) is 4.38. The number of hydrogen-bond donors (Lipinski definition) is 0. The lowest BCUT2D eigenvalue weighted by Crippen LogP contribution is -2.00. The van der Waals surface area contributed by atoms with Crippen molar-refractivity contribution in [3.63, 3.8) is 0 Å². The first-order valence-electron chi connectivity index (χ1n) is 7.09. The summed E-state index contributed by atoms with van der Waals surface area (Å²) in [4.78, 5) is 4.45. The molecule has 0 fully saturated rings. The number of ether oxygens (including phenoxy) is 1. The Balaban J connectivity index is 1.45. The molecule has 4 heteroatoms. The normalized spacial score (nSPS) is 13.4. The second-order valence-corrected chi connectivity index (χ2v) is 6.31. The van der Waals surface area contributed by atoms with Crippen LogP contribution in [0.4, 0.5) is 0 Å². The minimum Gasteiger partial charge on any atom is -0.494 e. The molecule has 1 heterocycles. The smallest absolute Gasteiger partial charge is 0.119 e. The van der Waals surface area contributed by atoms with E-state index in [2.05, 4.69) is 23.2 Å². The van der Waals surface area contributed by atoms with Crippen molar-refractivity contribution in [3.8, 4) is 5.75 Å². The SMILES string of the molecule is ClCc1csc(CCCOc2ccc3c(c2)CCC3)n1. The van der Waals surface area contributed by atoms with E-state index in [1.165, 1.54) is 30.4 Å². The van der Waals surface area contributed by atoms with Gasteiger partial charge < -0.3 is 4.74 Å².